The highest BCUT2D eigenvalue weighted by Gasteiger charge is 2.22. The minimum absolute atomic E-state index is 0.216. The van der Waals surface area contributed by atoms with Gasteiger partial charge in [-0.3, -0.25) is 13.9 Å². The molecule has 3 aromatic carbocycles. The molecule has 0 saturated carbocycles. The SMILES string of the molecule is Cc1ccc(N(CC(=O)Nc2ccc(Cl)cc2C(=O)c2ccccc2)S(C)(=O)=O)cc1. The quantitative estimate of drug-likeness (QED) is 0.538. The van der Waals surface area contributed by atoms with Crippen LogP contribution in [0.5, 0.6) is 0 Å². The van der Waals surface area contributed by atoms with Crippen molar-refractivity contribution in [2.45, 2.75) is 6.92 Å². The molecule has 0 heterocycles. The number of amides is 1. The van der Waals surface area contributed by atoms with E-state index < -0.39 is 22.5 Å². The van der Waals surface area contributed by atoms with Crippen LogP contribution in [0, 0.1) is 6.92 Å². The first-order chi connectivity index (χ1) is 14.6. The summed E-state index contributed by atoms with van der Waals surface area (Å²) in [6.07, 6.45) is 1.03. The van der Waals surface area contributed by atoms with Crippen LogP contribution in [0.25, 0.3) is 0 Å². The fourth-order valence-electron chi connectivity index (χ4n) is 2.99. The smallest absolute Gasteiger partial charge is 0.245 e. The van der Waals surface area contributed by atoms with E-state index in [2.05, 4.69) is 5.32 Å². The Kier molecular flexibility index (Phi) is 6.77. The van der Waals surface area contributed by atoms with E-state index in [1.54, 1.807) is 60.7 Å². The molecule has 0 bridgehead atoms. The van der Waals surface area contributed by atoms with Crippen molar-refractivity contribution < 1.29 is 18.0 Å². The highest BCUT2D eigenvalue weighted by Crippen LogP contribution is 2.24. The second kappa shape index (κ2) is 9.32. The van der Waals surface area contributed by atoms with Crippen molar-refractivity contribution in [2.75, 3.05) is 22.4 Å². The number of sulfonamides is 1. The Morgan fingerprint density at radius 1 is 0.968 bits per heavy atom. The molecule has 0 spiro atoms. The molecule has 3 aromatic rings. The number of carbonyl (C=O) groups excluding carboxylic acids is 2. The highest BCUT2D eigenvalue weighted by molar-refractivity contribution is 7.92. The van der Waals surface area contributed by atoms with Crippen molar-refractivity contribution in [1.82, 2.24) is 0 Å². The Morgan fingerprint density at radius 3 is 2.23 bits per heavy atom. The minimum atomic E-state index is -3.71. The van der Waals surface area contributed by atoms with Crippen LogP contribution in [0.4, 0.5) is 11.4 Å². The zero-order valence-electron chi connectivity index (χ0n) is 17.0. The largest absolute Gasteiger partial charge is 0.324 e. The maximum atomic E-state index is 12.9. The standard InChI is InChI=1S/C23H21ClN2O4S/c1-16-8-11-19(12-9-16)26(31(2,29)30)15-22(27)25-21-13-10-18(24)14-20(21)23(28)17-6-4-3-5-7-17/h3-14H,15H2,1-2H3,(H,25,27). The third-order valence-corrected chi connectivity index (χ3v) is 5.92. The fraction of sp³-hybridized carbons (Fsp3) is 0.130. The zero-order chi connectivity index (χ0) is 22.6. The van der Waals surface area contributed by atoms with Gasteiger partial charge in [-0.2, -0.15) is 0 Å². The molecule has 0 fully saturated rings. The normalized spacial score (nSPS) is 11.1. The van der Waals surface area contributed by atoms with Crippen molar-refractivity contribution in [3.05, 3.63) is 94.5 Å². The van der Waals surface area contributed by atoms with Gasteiger partial charge in [-0.05, 0) is 37.3 Å². The van der Waals surface area contributed by atoms with Gasteiger partial charge in [-0.15, -0.1) is 0 Å². The highest BCUT2D eigenvalue weighted by atomic mass is 35.5. The molecule has 8 heteroatoms. The third-order valence-electron chi connectivity index (χ3n) is 4.55. The summed E-state index contributed by atoms with van der Waals surface area (Å²) >= 11 is 6.07. The topological polar surface area (TPSA) is 83.6 Å². The van der Waals surface area contributed by atoms with Crippen molar-refractivity contribution >= 4 is 44.7 Å². The lowest BCUT2D eigenvalue weighted by molar-refractivity contribution is -0.114. The molecule has 1 amide bonds. The maximum absolute atomic E-state index is 12.9. The van der Waals surface area contributed by atoms with E-state index >= 15 is 0 Å². The molecule has 160 valence electrons. The summed E-state index contributed by atoms with van der Waals surface area (Å²) in [6.45, 7) is 1.44. The van der Waals surface area contributed by atoms with Gasteiger partial charge in [-0.25, -0.2) is 8.42 Å². The van der Waals surface area contributed by atoms with Crippen LogP contribution in [0.3, 0.4) is 0 Å². The van der Waals surface area contributed by atoms with E-state index in [9.17, 15) is 18.0 Å². The Labute approximate surface area is 186 Å². The van der Waals surface area contributed by atoms with Gasteiger partial charge in [0.2, 0.25) is 15.9 Å². The van der Waals surface area contributed by atoms with Crippen molar-refractivity contribution in [2.24, 2.45) is 0 Å². The van der Waals surface area contributed by atoms with Crippen molar-refractivity contribution in [3.63, 3.8) is 0 Å². The summed E-state index contributed by atoms with van der Waals surface area (Å²) in [6, 6.07) is 19.9. The molecule has 0 unspecified atom stereocenters. The lowest BCUT2D eigenvalue weighted by Gasteiger charge is -2.22. The number of hydrogen-bond acceptors (Lipinski definition) is 4. The molecule has 3 rings (SSSR count). The van der Waals surface area contributed by atoms with Crippen LogP contribution >= 0.6 is 11.6 Å². The molecule has 0 saturated heterocycles. The van der Waals surface area contributed by atoms with Crippen molar-refractivity contribution in [3.8, 4) is 0 Å². The number of halogens is 1. The van der Waals surface area contributed by atoms with Gasteiger partial charge in [0.1, 0.15) is 6.54 Å². The van der Waals surface area contributed by atoms with Gasteiger partial charge in [0.05, 0.1) is 17.6 Å². The molecule has 0 radical (unpaired) electrons. The predicted octanol–water partition coefficient (Wildman–Crippen LogP) is 4.28. The molecule has 0 aliphatic rings. The van der Waals surface area contributed by atoms with Crippen molar-refractivity contribution in [1.29, 1.82) is 0 Å². The molecule has 0 aromatic heterocycles. The lowest BCUT2D eigenvalue weighted by atomic mass is 10.0. The minimum Gasteiger partial charge on any atom is -0.324 e. The number of rotatable bonds is 7. The Bertz CT molecular complexity index is 1210. The third kappa shape index (κ3) is 5.71. The van der Waals surface area contributed by atoms with Gasteiger partial charge in [0, 0.05) is 16.1 Å². The number of aryl methyl sites for hydroxylation is 1. The van der Waals surface area contributed by atoms with Crippen LogP contribution in [0.15, 0.2) is 72.8 Å². The number of ketones is 1. The van der Waals surface area contributed by atoms with Gasteiger partial charge < -0.3 is 5.32 Å². The molecular formula is C23H21ClN2O4S. The van der Waals surface area contributed by atoms with E-state index in [4.69, 9.17) is 11.6 Å². The number of benzene rings is 3. The predicted molar refractivity (Wildman–Crippen MR) is 123 cm³/mol. The summed E-state index contributed by atoms with van der Waals surface area (Å²) in [5.41, 5.74) is 2.25. The molecule has 0 aliphatic carbocycles. The Hall–Kier alpha value is -3.16. The first kappa shape index (κ1) is 22.5. The molecule has 1 N–H and O–H groups in total. The number of anilines is 2. The maximum Gasteiger partial charge on any atom is 0.245 e. The van der Waals surface area contributed by atoms with E-state index in [-0.39, 0.29) is 17.0 Å². The summed E-state index contributed by atoms with van der Waals surface area (Å²) in [7, 11) is -3.71. The summed E-state index contributed by atoms with van der Waals surface area (Å²) in [5, 5.41) is 2.99. The molecular weight excluding hydrogens is 436 g/mol. The van der Waals surface area contributed by atoms with Crippen LogP contribution in [0.1, 0.15) is 21.5 Å². The number of nitrogens with one attached hydrogen (secondary N) is 1. The second-order valence-corrected chi connectivity index (χ2v) is 9.38. The van der Waals surface area contributed by atoms with Gasteiger partial charge in [0.25, 0.3) is 0 Å². The molecule has 0 aliphatic heterocycles. The number of nitrogens with zero attached hydrogens (tertiary/aromatic N) is 1. The summed E-state index contributed by atoms with van der Waals surface area (Å²) < 4.78 is 25.6. The van der Waals surface area contributed by atoms with Crippen LogP contribution in [0.2, 0.25) is 5.02 Å². The molecule has 6 nitrogen and oxygen atoms in total. The average Bonchev–Trinajstić information content (AvgIpc) is 2.73. The summed E-state index contributed by atoms with van der Waals surface area (Å²) in [4.78, 5) is 25.7. The molecule has 0 atom stereocenters. The average molecular weight is 457 g/mol. The number of hydrogen-bond donors (Lipinski definition) is 1. The van der Waals surface area contributed by atoms with E-state index in [1.807, 2.05) is 6.92 Å². The van der Waals surface area contributed by atoms with Gasteiger partial charge in [0.15, 0.2) is 5.78 Å². The van der Waals surface area contributed by atoms with Crippen LogP contribution in [-0.4, -0.2) is 32.9 Å². The number of carbonyl (C=O) groups is 2. The monoisotopic (exact) mass is 456 g/mol. The second-order valence-electron chi connectivity index (χ2n) is 7.04. The van der Waals surface area contributed by atoms with E-state index in [0.717, 1.165) is 16.1 Å². The zero-order valence-corrected chi connectivity index (χ0v) is 18.6. The van der Waals surface area contributed by atoms with Gasteiger partial charge in [-0.1, -0.05) is 59.6 Å². The summed E-state index contributed by atoms with van der Waals surface area (Å²) in [5.74, 6) is -0.896. The Morgan fingerprint density at radius 2 is 1.61 bits per heavy atom. The Balaban J connectivity index is 1.87. The first-order valence-electron chi connectivity index (χ1n) is 9.38. The van der Waals surface area contributed by atoms with E-state index in [0.29, 0.717) is 16.3 Å². The lowest BCUT2D eigenvalue weighted by Crippen LogP contribution is -2.37. The van der Waals surface area contributed by atoms with Gasteiger partial charge >= 0.3 is 0 Å². The van der Waals surface area contributed by atoms with Crippen LogP contribution < -0.4 is 9.62 Å². The molecule has 31 heavy (non-hydrogen) atoms. The first-order valence-corrected chi connectivity index (χ1v) is 11.6. The fourth-order valence-corrected chi connectivity index (χ4v) is 4.02. The van der Waals surface area contributed by atoms with E-state index in [1.165, 1.54) is 12.1 Å². The van der Waals surface area contributed by atoms with Crippen LogP contribution in [-0.2, 0) is 14.8 Å².